The van der Waals surface area contributed by atoms with E-state index >= 15 is 0 Å². The van der Waals surface area contributed by atoms with Crippen LogP contribution in [0.4, 0.5) is 5.69 Å². The Morgan fingerprint density at radius 3 is 2.18 bits per heavy atom. The topological polar surface area (TPSA) is 75.3 Å². The minimum Gasteiger partial charge on any atom is -0.355 e. The van der Waals surface area contributed by atoms with E-state index in [0.29, 0.717) is 16.3 Å². The Morgan fingerprint density at radius 1 is 1.00 bits per heavy atom. The summed E-state index contributed by atoms with van der Waals surface area (Å²) >= 11 is 11.6. The van der Waals surface area contributed by atoms with E-state index in [0.717, 1.165) is 0 Å². The molecule has 0 spiro atoms. The van der Waals surface area contributed by atoms with Gasteiger partial charge in [-0.3, -0.25) is 9.52 Å². The second kappa shape index (κ2) is 6.56. The van der Waals surface area contributed by atoms with Gasteiger partial charge in [-0.25, -0.2) is 8.42 Å². The molecular formula is C14H12Cl2N2O3S. The van der Waals surface area contributed by atoms with Crippen LogP contribution in [0.5, 0.6) is 0 Å². The minimum atomic E-state index is -3.78. The van der Waals surface area contributed by atoms with Crippen molar-refractivity contribution in [3.63, 3.8) is 0 Å². The number of nitrogens with one attached hydrogen (secondary N) is 2. The zero-order chi connectivity index (χ0) is 16.3. The number of carbonyl (C=O) groups is 1. The monoisotopic (exact) mass is 358 g/mol. The molecule has 116 valence electrons. The van der Waals surface area contributed by atoms with Crippen LogP contribution in [-0.4, -0.2) is 21.4 Å². The van der Waals surface area contributed by atoms with Crippen molar-refractivity contribution in [2.24, 2.45) is 0 Å². The van der Waals surface area contributed by atoms with E-state index in [1.54, 1.807) is 0 Å². The molecule has 2 rings (SSSR count). The van der Waals surface area contributed by atoms with Crippen LogP contribution in [-0.2, 0) is 10.0 Å². The van der Waals surface area contributed by atoms with Crippen LogP contribution in [0.3, 0.4) is 0 Å². The highest BCUT2D eigenvalue weighted by atomic mass is 35.5. The molecule has 0 aliphatic rings. The Balaban J connectivity index is 2.26. The second-order valence-corrected chi connectivity index (χ2v) is 6.83. The molecule has 0 heterocycles. The number of halogens is 2. The van der Waals surface area contributed by atoms with Crippen molar-refractivity contribution in [1.82, 2.24) is 5.32 Å². The molecule has 0 aliphatic carbocycles. The first-order chi connectivity index (χ1) is 10.3. The van der Waals surface area contributed by atoms with Crippen LogP contribution in [0, 0.1) is 0 Å². The first-order valence-corrected chi connectivity index (χ1v) is 8.37. The predicted octanol–water partition coefficient (Wildman–Crippen LogP) is 3.15. The van der Waals surface area contributed by atoms with Crippen LogP contribution >= 0.6 is 23.2 Å². The molecule has 5 nitrogen and oxygen atoms in total. The molecular weight excluding hydrogens is 347 g/mol. The molecule has 0 radical (unpaired) electrons. The summed E-state index contributed by atoms with van der Waals surface area (Å²) in [6, 6.07) is 9.99. The first kappa shape index (κ1) is 16.6. The van der Waals surface area contributed by atoms with Crippen molar-refractivity contribution in [2.45, 2.75) is 4.90 Å². The second-order valence-electron chi connectivity index (χ2n) is 4.34. The van der Waals surface area contributed by atoms with Gasteiger partial charge in [0.05, 0.1) is 20.6 Å². The fraction of sp³-hybridized carbons (Fsp3) is 0.0714. The molecule has 0 aromatic heterocycles. The van der Waals surface area contributed by atoms with E-state index in [2.05, 4.69) is 10.0 Å². The maximum absolute atomic E-state index is 12.3. The summed E-state index contributed by atoms with van der Waals surface area (Å²) in [6.07, 6.45) is 0. The number of anilines is 1. The van der Waals surface area contributed by atoms with Crippen molar-refractivity contribution in [3.05, 3.63) is 58.1 Å². The molecule has 8 heteroatoms. The van der Waals surface area contributed by atoms with Crippen molar-refractivity contribution >= 4 is 44.8 Å². The van der Waals surface area contributed by atoms with Gasteiger partial charge in [-0.1, -0.05) is 23.2 Å². The summed E-state index contributed by atoms with van der Waals surface area (Å²) in [4.78, 5) is 11.5. The Labute approximate surface area is 138 Å². The van der Waals surface area contributed by atoms with Gasteiger partial charge in [-0.2, -0.15) is 0 Å². The zero-order valence-electron chi connectivity index (χ0n) is 11.4. The molecule has 0 aliphatic heterocycles. The van der Waals surface area contributed by atoms with E-state index in [4.69, 9.17) is 23.2 Å². The van der Waals surface area contributed by atoms with Crippen LogP contribution in [0.25, 0.3) is 0 Å². The summed E-state index contributed by atoms with van der Waals surface area (Å²) in [5.74, 6) is -0.290. The van der Waals surface area contributed by atoms with Crippen molar-refractivity contribution in [3.8, 4) is 0 Å². The Kier molecular flexibility index (Phi) is 4.95. The van der Waals surface area contributed by atoms with Gasteiger partial charge in [0.2, 0.25) is 0 Å². The van der Waals surface area contributed by atoms with Gasteiger partial charge in [0.25, 0.3) is 15.9 Å². The fourth-order valence-corrected chi connectivity index (χ4v) is 3.05. The lowest BCUT2D eigenvalue weighted by atomic mass is 10.2. The normalized spacial score (nSPS) is 11.0. The molecule has 0 saturated carbocycles. The van der Waals surface area contributed by atoms with Crippen LogP contribution in [0.1, 0.15) is 10.4 Å². The SMILES string of the molecule is CNC(=O)c1ccc(S(=O)(=O)Nc2ccc(Cl)c(Cl)c2)cc1. The number of rotatable bonds is 4. The smallest absolute Gasteiger partial charge is 0.261 e. The van der Waals surface area contributed by atoms with Gasteiger partial charge in [0, 0.05) is 12.6 Å². The Morgan fingerprint density at radius 2 is 1.64 bits per heavy atom. The van der Waals surface area contributed by atoms with Gasteiger partial charge in [-0.05, 0) is 42.5 Å². The van der Waals surface area contributed by atoms with E-state index in [1.807, 2.05) is 0 Å². The zero-order valence-corrected chi connectivity index (χ0v) is 13.8. The first-order valence-electron chi connectivity index (χ1n) is 6.13. The minimum absolute atomic E-state index is 0.0335. The number of benzene rings is 2. The molecule has 0 saturated heterocycles. The molecule has 2 N–H and O–H groups in total. The van der Waals surface area contributed by atoms with Crippen LogP contribution in [0.2, 0.25) is 10.0 Å². The van der Waals surface area contributed by atoms with Crippen molar-refractivity contribution in [2.75, 3.05) is 11.8 Å². The third-order valence-corrected chi connectivity index (χ3v) is 4.96. The van der Waals surface area contributed by atoms with E-state index < -0.39 is 10.0 Å². The molecule has 2 aromatic rings. The highest BCUT2D eigenvalue weighted by Crippen LogP contribution is 2.26. The average molecular weight is 359 g/mol. The number of carbonyl (C=O) groups excluding carboxylic acids is 1. The Bertz CT molecular complexity index is 805. The van der Waals surface area contributed by atoms with Crippen LogP contribution in [0.15, 0.2) is 47.4 Å². The van der Waals surface area contributed by atoms with Gasteiger partial charge < -0.3 is 5.32 Å². The molecule has 0 unspecified atom stereocenters. The summed E-state index contributed by atoms with van der Waals surface area (Å²) in [7, 11) is -2.28. The average Bonchev–Trinajstić information content (AvgIpc) is 2.50. The molecule has 0 atom stereocenters. The molecule has 2 aromatic carbocycles. The van der Waals surface area contributed by atoms with Crippen molar-refractivity contribution in [1.29, 1.82) is 0 Å². The number of hydrogen-bond donors (Lipinski definition) is 2. The van der Waals surface area contributed by atoms with Gasteiger partial charge in [0.15, 0.2) is 0 Å². The summed E-state index contributed by atoms with van der Waals surface area (Å²) in [5, 5.41) is 3.04. The number of amides is 1. The maximum Gasteiger partial charge on any atom is 0.261 e. The lowest BCUT2D eigenvalue weighted by molar-refractivity contribution is 0.0963. The third-order valence-electron chi connectivity index (χ3n) is 2.83. The van der Waals surface area contributed by atoms with Gasteiger partial charge >= 0.3 is 0 Å². The fourth-order valence-electron chi connectivity index (χ4n) is 1.70. The van der Waals surface area contributed by atoms with Crippen LogP contribution < -0.4 is 10.0 Å². The summed E-state index contributed by atoms with van der Waals surface area (Å²) in [5.41, 5.74) is 0.667. The third kappa shape index (κ3) is 3.71. The quantitative estimate of drug-likeness (QED) is 0.881. The molecule has 0 fully saturated rings. The largest absolute Gasteiger partial charge is 0.355 e. The van der Waals surface area contributed by atoms with E-state index in [1.165, 1.54) is 49.5 Å². The molecule has 22 heavy (non-hydrogen) atoms. The lowest BCUT2D eigenvalue weighted by Crippen LogP contribution is -2.18. The highest BCUT2D eigenvalue weighted by molar-refractivity contribution is 7.92. The lowest BCUT2D eigenvalue weighted by Gasteiger charge is -2.09. The molecule has 0 bridgehead atoms. The van der Waals surface area contributed by atoms with E-state index in [9.17, 15) is 13.2 Å². The standard InChI is InChI=1S/C14H12Cl2N2O3S/c1-17-14(19)9-2-5-11(6-3-9)22(20,21)18-10-4-7-12(15)13(16)8-10/h2-8,18H,1H3,(H,17,19). The summed E-state index contributed by atoms with van der Waals surface area (Å²) in [6.45, 7) is 0. The maximum atomic E-state index is 12.3. The number of sulfonamides is 1. The van der Waals surface area contributed by atoms with Crippen molar-refractivity contribution < 1.29 is 13.2 Å². The van der Waals surface area contributed by atoms with E-state index in [-0.39, 0.29) is 15.8 Å². The predicted molar refractivity (Wildman–Crippen MR) is 87.1 cm³/mol. The number of hydrogen-bond acceptors (Lipinski definition) is 3. The van der Waals surface area contributed by atoms with Gasteiger partial charge in [-0.15, -0.1) is 0 Å². The van der Waals surface area contributed by atoms with Gasteiger partial charge in [0.1, 0.15) is 0 Å². The highest BCUT2D eigenvalue weighted by Gasteiger charge is 2.15. The molecule has 1 amide bonds. The summed E-state index contributed by atoms with van der Waals surface area (Å²) < 4.78 is 26.9. The Hall–Kier alpha value is -1.76.